The topological polar surface area (TPSA) is 79.5 Å². The van der Waals surface area contributed by atoms with E-state index in [1.54, 1.807) is 37.0 Å². The summed E-state index contributed by atoms with van der Waals surface area (Å²) in [7, 11) is 1.78. The van der Waals surface area contributed by atoms with Crippen LogP contribution in [-0.2, 0) is 13.5 Å². The van der Waals surface area contributed by atoms with Gasteiger partial charge in [-0.15, -0.1) is 0 Å². The molecule has 110 valence electrons. The first-order chi connectivity index (χ1) is 10.1. The quantitative estimate of drug-likeness (QED) is 0.514. The van der Waals surface area contributed by atoms with Crippen molar-refractivity contribution in [1.82, 2.24) is 9.78 Å². The molecule has 2 N–H and O–H groups in total. The van der Waals surface area contributed by atoms with Gasteiger partial charge in [-0.25, -0.2) is 0 Å². The third-order valence-corrected chi connectivity index (χ3v) is 3.20. The first-order valence-electron chi connectivity index (χ1n) is 6.68. The predicted octanol–water partition coefficient (Wildman–Crippen LogP) is 2.43. The number of carbonyl (C=O) groups is 1. The number of aromatic nitrogens is 2. The van der Waals surface area contributed by atoms with Crippen LogP contribution in [0.2, 0.25) is 0 Å². The number of carbonyl (C=O) groups excluding carboxylic acids is 1. The van der Waals surface area contributed by atoms with E-state index >= 15 is 0 Å². The molecule has 0 spiro atoms. The predicted molar refractivity (Wildman–Crippen MR) is 81.0 cm³/mol. The normalized spacial score (nSPS) is 11.5. The van der Waals surface area contributed by atoms with Crippen LogP contribution in [0.1, 0.15) is 35.5 Å². The molecular weight excluding hydrogens is 268 g/mol. The fourth-order valence-corrected chi connectivity index (χ4v) is 2.14. The molecule has 2 aromatic rings. The number of nitrogens with one attached hydrogen (secondary N) is 1. The summed E-state index contributed by atoms with van der Waals surface area (Å²) in [6.07, 6.45) is 2.38. The minimum atomic E-state index is -0.224. The van der Waals surface area contributed by atoms with Gasteiger partial charge in [-0.2, -0.15) is 5.10 Å². The van der Waals surface area contributed by atoms with Crippen molar-refractivity contribution >= 4 is 17.3 Å². The number of nitrogens with zero attached hydrogens (tertiary/aromatic N) is 3. The summed E-state index contributed by atoms with van der Waals surface area (Å²) in [6.45, 7) is 3.63. The smallest absolute Gasteiger partial charge is 0.259 e. The molecule has 1 amide bonds. The Morgan fingerprint density at radius 1 is 1.38 bits per heavy atom. The highest BCUT2D eigenvalue weighted by molar-refractivity contribution is 6.10. The Hall–Kier alpha value is -2.63. The van der Waals surface area contributed by atoms with Crippen LogP contribution in [0.25, 0.3) is 0 Å². The third-order valence-electron chi connectivity index (χ3n) is 3.20. The van der Waals surface area contributed by atoms with E-state index in [0.29, 0.717) is 28.9 Å². The number of oxime groups is 1. The van der Waals surface area contributed by atoms with E-state index in [9.17, 15) is 4.79 Å². The Balaban J connectivity index is 2.32. The Morgan fingerprint density at radius 3 is 2.76 bits per heavy atom. The van der Waals surface area contributed by atoms with E-state index in [1.807, 2.05) is 19.1 Å². The van der Waals surface area contributed by atoms with Crippen molar-refractivity contribution in [2.45, 2.75) is 20.3 Å². The lowest BCUT2D eigenvalue weighted by molar-refractivity contribution is 0.102. The maximum absolute atomic E-state index is 12.4. The van der Waals surface area contributed by atoms with Crippen LogP contribution >= 0.6 is 0 Å². The van der Waals surface area contributed by atoms with E-state index in [-0.39, 0.29) is 5.91 Å². The van der Waals surface area contributed by atoms with Crippen molar-refractivity contribution in [2.75, 3.05) is 5.32 Å². The van der Waals surface area contributed by atoms with Crippen LogP contribution in [0.15, 0.2) is 35.6 Å². The fourth-order valence-electron chi connectivity index (χ4n) is 2.14. The summed E-state index contributed by atoms with van der Waals surface area (Å²) < 4.78 is 1.63. The number of para-hydroxylation sites is 1. The van der Waals surface area contributed by atoms with Gasteiger partial charge in [-0.1, -0.05) is 30.3 Å². The molecule has 0 radical (unpaired) electrons. The lowest BCUT2D eigenvalue weighted by atomic mass is 10.1. The van der Waals surface area contributed by atoms with Crippen LogP contribution in [0.3, 0.4) is 0 Å². The highest BCUT2D eigenvalue weighted by Crippen LogP contribution is 2.18. The Morgan fingerprint density at radius 2 is 2.10 bits per heavy atom. The van der Waals surface area contributed by atoms with Crippen LogP contribution < -0.4 is 5.32 Å². The van der Waals surface area contributed by atoms with E-state index in [2.05, 4.69) is 15.6 Å². The number of hydrogen-bond donors (Lipinski definition) is 2. The second-order valence-corrected chi connectivity index (χ2v) is 4.70. The molecule has 0 saturated heterocycles. The molecule has 0 saturated carbocycles. The van der Waals surface area contributed by atoms with Gasteiger partial charge in [0.2, 0.25) is 0 Å². The third kappa shape index (κ3) is 3.10. The molecule has 0 aliphatic rings. The molecule has 1 aromatic heterocycles. The lowest BCUT2D eigenvalue weighted by Gasteiger charge is -2.09. The molecule has 21 heavy (non-hydrogen) atoms. The van der Waals surface area contributed by atoms with E-state index in [4.69, 9.17) is 5.21 Å². The summed E-state index contributed by atoms with van der Waals surface area (Å²) in [5.41, 5.74) is 3.01. The van der Waals surface area contributed by atoms with Crippen LogP contribution in [0.5, 0.6) is 0 Å². The Kier molecular flexibility index (Phi) is 4.37. The largest absolute Gasteiger partial charge is 0.411 e. The number of hydrogen-bond acceptors (Lipinski definition) is 4. The zero-order valence-corrected chi connectivity index (χ0v) is 12.3. The zero-order chi connectivity index (χ0) is 15.4. The molecule has 2 rings (SSSR count). The first-order valence-corrected chi connectivity index (χ1v) is 6.68. The van der Waals surface area contributed by atoms with Crippen molar-refractivity contribution < 1.29 is 10.0 Å². The summed E-state index contributed by atoms with van der Waals surface area (Å²) in [5.74, 6) is -0.224. The minimum absolute atomic E-state index is 0.224. The van der Waals surface area contributed by atoms with Crippen LogP contribution in [0.4, 0.5) is 5.69 Å². The standard InChI is InChI=1S/C15H18N4O2/c1-4-13-12(9-19(3)17-13)15(20)16-14-8-6-5-7-11(14)10(2)18-21/h5-9,21H,4H2,1-3H3,(H,16,20)/b18-10+. The Labute approximate surface area is 123 Å². The minimum Gasteiger partial charge on any atom is -0.411 e. The molecule has 0 aliphatic carbocycles. The monoisotopic (exact) mass is 286 g/mol. The van der Waals surface area contributed by atoms with Gasteiger partial charge >= 0.3 is 0 Å². The fraction of sp³-hybridized carbons (Fsp3) is 0.267. The first kappa shape index (κ1) is 14.8. The molecule has 0 unspecified atom stereocenters. The average Bonchev–Trinajstić information content (AvgIpc) is 2.88. The van der Waals surface area contributed by atoms with Gasteiger partial charge in [0.25, 0.3) is 5.91 Å². The molecule has 6 nitrogen and oxygen atoms in total. The molecule has 1 aromatic carbocycles. The van der Waals surface area contributed by atoms with Crippen molar-refractivity contribution in [1.29, 1.82) is 0 Å². The van der Waals surface area contributed by atoms with E-state index in [1.165, 1.54) is 0 Å². The van der Waals surface area contributed by atoms with Gasteiger partial charge < -0.3 is 10.5 Å². The summed E-state index contributed by atoms with van der Waals surface area (Å²) in [6, 6.07) is 7.19. The van der Waals surface area contributed by atoms with Crippen LogP contribution in [-0.4, -0.2) is 26.6 Å². The zero-order valence-electron chi connectivity index (χ0n) is 12.3. The van der Waals surface area contributed by atoms with Crippen molar-refractivity contribution in [2.24, 2.45) is 12.2 Å². The van der Waals surface area contributed by atoms with Gasteiger partial charge in [-0.3, -0.25) is 9.48 Å². The molecule has 0 aliphatic heterocycles. The number of aryl methyl sites for hydroxylation is 2. The van der Waals surface area contributed by atoms with Crippen molar-refractivity contribution in [3.8, 4) is 0 Å². The van der Waals surface area contributed by atoms with Crippen molar-refractivity contribution in [3.05, 3.63) is 47.3 Å². The maximum atomic E-state index is 12.4. The van der Waals surface area contributed by atoms with Gasteiger partial charge in [0.15, 0.2) is 0 Å². The molecule has 0 atom stereocenters. The summed E-state index contributed by atoms with van der Waals surface area (Å²) in [4.78, 5) is 12.4. The highest BCUT2D eigenvalue weighted by atomic mass is 16.4. The summed E-state index contributed by atoms with van der Waals surface area (Å²) >= 11 is 0. The second-order valence-electron chi connectivity index (χ2n) is 4.70. The highest BCUT2D eigenvalue weighted by Gasteiger charge is 2.16. The van der Waals surface area contributed by atoms with Gasteiger partial charge in [0.1, 0.15) is 0 Å². The van der Waals surface area contributed by atoms with E-state index < -0.39 is 0 Å². The van der Waals surface area contributed by atoms with Crippen molar-refractivity contribution in [3.63, 3.8) is 0 Å². The SMILES string of the molecule is CCc1nn(C)cc1C(=O)Nc1ccccc1/C(C)=N/O. The second kappa shape index (κ2) is 6.21. The number of amides is 1. The van der Waals surface area contributed by atoms with Gasteiger partial charge in [-0.05, 0) is 19.4 Å². The maximum Gasteiger partial charge on any atom is 0.259 e. The Bertz CT molecular complexity index is 689. The number of anilines is 1. The van der Waals surface area contributed by atoms with Gasteiger partial charge in [0, 0.05) is 18.8 Å². The molecule has 6 heteroatoms. The summed E-state index contributed by atoms with van der Waals surface area (Å²) in [5, 5.41) is 19.2. The number of benzene rings is 1. The molecule has 1 heterocycles. The van der Waals surface area contributed by atoms with Crippen LogP contribution in [0, 0.1) is 0 Å². The van der Waals surface area contributed by atoms with E-state index in [0.717, 1.165) is 5.69 Å². The number of rotatable bonds is 4. The molecular formula is C15H18N4O2. The molecule has 0 fully saturated rings. The lowest BCUT2D eigenvalue weighted by Crippen LogP contribution is -2.15. The van der Waals surface area contributed by atoms with Gasteiger partial charge in [0.05, 0.1) is 22.7 Å². The molecule has 0 bridgehead atoms. The average molecular weight is 286 g/mol.